The van der Waals surface area contributed by atoms with Gasteiger partial charge in [0.2, 0.25) is 0 Å². The number of amides is 2. The topological polar surface area (TPSA) is 81.7 Å². The number of piperidine rings is 1. The maximum atomic E-state index is 11.8. The van der Waals surface area contributed by atoms with Crippen molar-refractivity contribution in [3.05, 3.63) is 0 Å². The fraction of sp³-hybridized carbons (Fsp3) is 0.833. The fourth-order valence-corrected chi connectivity index (χ4v) is 2.06. The van der Waals surface area contributed by atoms with E-state index < -0.39 is 11.9 Å². The Morgan fingerprint density at radius 1 is 1.39 bits per heavy atom. The standard InChI is InChI=1S/C12H23N3O3/c1-2-13-6-4-7-14-12(18)15-8-3-5-10(9-15)11(16)17/h10,13H,2-9H2,1H3,(H,14,18)(H,16,17)/t10-/m0/s1. The van der Waals surface area contributed by atoms with Gasteiger partial charge in [0.25, 0.3) is 0 Å². The van der Waals surface area contributed by atoms with Crippen LogP contribution in [0.15, 0.2) is 0 Å². The number of urea groups is 1. The predicted octanol–water partition coefficient (Wildman–Crippen LogP) is 0.492. The van der Waals surface area contributed by atoms with Gasteiger partial charge in [-0.15, -0.1) is 0 Å². The van der Waals surface area contributed by atoms with E-state index in [4.69, 9.17) is 5.11 Å². The number of hydrogen-bond acceptors (Lipinski definition) is 3. The van der Waals surface area contributed by atoms with Crippen LogP contribution in [0.1, 0.15) is 26.2 Å². The first-order valence-corrected chi connectivity index (χ1v) is 6.61. The minimum Gasteiger partial charge on any atom is -0.481 e. The Morgan fingerprint density at radius 3 is 2.83 bits per heavy atom. The van der Waals surface area contributed by atoms with Gasteiger partial charge in [0, 0.05) is 19.6 Å². The molecule has 18 heavy (non-hydrogen) atoms. The van der Waals surface area contributed by atoms with Crippen molar-refractivity contribution >= 4 is 12.0 Å². The number of rotatable bonds is 6. The molecule has 0 unspecified atom stereocenters. The van der Waals surface area contributed by atoms with Crippen LogP contribution in [0.3, 0.4) is 0 Å². The minimum atomic E-state index is -0.806. The molecule has 0 aromatic rings. The fourth-order valence-electron chi connectivity index (χ4n) is 2.06. The highest BCUT2D eigenvalue weighted by Gasteiger charge is 2.27. The molecule has 1 fully saturated rings. The van der Waals surface area contributed by atoms with Crippen LogP contribution < -0.4 is 10.6 Å². The summed E-state index contributed by atoms with van der Waals surface area (Å²) in [5.74, 6) is -1.22. The molecule has 1 atom stereocenters. The Morgan fingerprint density at radius 2 is 2.17 bits per heavy atom. The normalized spacial score (nSPS) is 19.6. The number of carboxylic acid groups (broad SMARTS) is 1. The van der Waals surface area contributed by atoms with E-state index in [1.165, 1.54) is 0 Å². The second-order valence-corrected chi connectivity index (χ2v) is 4.56. The van der Waals surface area contributed by atoms with E-state index in [0.29, 0.717) is 26.1 Å². The van der Waals surface area contributed by atoms with Crippen LogP contribution in [0.4, 0.5) is 4.79 Å². The van der Waals surface area contributed by atoms with E-state index in [-0.39, 0.29) is 6.03 Å². The molecule has 104 valence electrons. The van der Waals surface area contributed by atoms with Crippen LogP contribution in [0, 0.1) is 5.92 Å². The zero-order chi connectivity index (χ0) is 13.4. The number of nitrogens with one attached hydrogen (secondary N) is 2. The lowest BCUT2D eigenvalue weighted by atomic mass is 9.99. The van der Waals surface area contributed by atoms with Crippen LogP contribution in [-0.4, -0.2) is 54.7 Å². The Kier molecular flexibility index (Phi) is 6.49. The zero-order valence-corrected chi connectivity index (χ0v) is 10.9. The van der Waals surface area contributed by atoms with E-state index in [0.717, 1.165) is 25.9 Å². The Balaban J connectivity index is 2.22. The summed E-state index contributed by atoms with van der Waals surface area (Å²) in [5.41, 5.74) is 0. The summed E-state index contributed by atoms with van der Waals surface area (Å²) in [6, 6.07) is -0.141. The van der Waals surface area contributed by atoms with Gasteiger partial charge in [-0.25, -0.2) is 4.79 Å². The lowest BCUT2D eigenvalue weighted by Crippen LogP contribution is -2.47. The summed E-state index contributed by atoms with van der Waals surface area (Å²) < 4.78 is 0. The second kappa shape index (κ2) is 7.92. The predicted molar refractivity (Wildman–Crippen MR) is 68.5 cm³/mol. The van der Waals surface area contributed by atoms with Gasteiger partial charge in [-0.2, -0.15) is 0 Å². The van der Waals surface area contributed by atoms with Gasteiger partial charge in [0.1, 0.15) is 0 Å². The van der Waals surface area contributed by atoms with Gasteiger partial charge < -0.3 is 20.6 Å². The SMILES string of the molecule is CCNCCCNC(=O)N1CCC[C@H](C(=O)O)C1. The smallest absolute Gasteiger partial charge is 0.317 e. The van der Waals surface area contributed by atoms with Crippen molar-refractivity contribution in [2.24, 2.45) is 5.92 Å². The van der Waals surface area contributed by atoms with Crippen molar-refractivity contribution in [1.82, 2.24) is 15.5 Å². The molecule has 0 aromatic carbocycles. The van der Waals surface area contributed by atoms with Gasteiger partial charge in [0.15, 0.2) is 0 Å². The highest BCUT2D eigenvalue weighted by atomic mass is 16.4. The van der Waals surface area contributed by atoms with E-state index in [1.807, 2.05) is 6.92 Å². The highest BCUT2D eigenvalue weighted by molar-refractivity contribution is 5.76. The molecular formula is C12H23N3O3. The Bertz CT molecular complexity index is 284. The van der Waals surface area contributed by atoms with Gasteiger partial charge in [-0.1, -0.05) is 6.92 Å². The molecule has 0 aromatic heterocycles. The molecule has 0 spiro atoms. The monoisotopic (exact) mass is 257 g/mol. The molecule has 3 N–H and O–H groups in total. The van der Waals surface area contributed by atoms with Gasteiger partial charge in [-0.3, -0.25) is 4.79 Å². The number of hydrogen-bond donors (Lipinski definition) is 3. The van der Waals surface area contributed by atoms with E-state index in [1.54, 1.807) is 4.90 Å². The lowest BCUT2D eigenvalue weighted by Gasteiger charge is -2.30. The second-order valence-electron chi connectivity index (χ2n) is 4.56. The van der Waals surface area contributed by atoms with Crippen LogP contribution >= 0.6 is 0 Å². The van der Waals surface area contributed by atoms with Crippen molar-refractivity contribution in [1.29, 1.82) is 0 Å². The molecule has 6 nitrogen and oxygen atoms in total. The number of nitrogens with zero attached hydrogens (tertiary/aromatic N) is 1. The van der Waals surface area contributed by atoms with Crippen molar-refractivity contribution in [2.75, 3.05) is 32.7 Å². The number of likely N-dealkylation sites (tertiary alicyclic amines) is 1. The molecule has 0 saturated carbocycles. The maximum absolute atomic E-state index is 11.8. The quantitative estimate of drug-likeness (QED) is 0.605. The Labute approximate surface area is 108 Å². The first kappa shape index (κ1) is 14.8. The molecule has 0 bridgehead atoms. The van der Waals surface area contributed by atoms with Gasteiger partial charge in [0.05, 0.1) is 5.92 Å². The Hall–Kier alpha value is -1.30. The summed E-state index contributed by atoms with van der Waals surface area (Å²) in [6.07, 6.45) is 2.32. The molecule has 1 rings (SSSR count). The molecule has 1 heterocycles. The molecule has 0 aliphatic carbocycles. The van der Waals surface area contributed by atoms with Crippen LogP contribution in [0.2, 0.25) is 0 Å². The van der Waals surface area contributed by atoms with E-state index in [9.17, 15) is 9.59 Å². The molecule has 1 aliphatic rings. The third kappa shape index (κ3) is 4.91. The summed E-state index contributed by atoms with van der Waals surface area (Å²) in [4.78, 5) is 24.3. The van der Waals surface area contributed by atoms with Gasteiger partial charge >= 0.3 is 12.0 Å². The highest BCUT2D eigenvalue weighted by Crippen LogP contribution is 2.16. The molecular weight excluding hydrogens is 234 g/mol. The van der Waals surface area contributed by atoms with Crippen molar-refractivity contribution in [3.8, 4) is 0 Å². The minimum absolute atomic E-state index is 0.141. The largest absolute Gasteiger partial charge is 0.481 e. The van der Waals surface area contributed by atoms with Crippen LogP contribution in [0.25, 0.3) is 0 Å². The first-order valence-electron chi connectivity index (χ1n) is 6.61. The van der Waals surface area contributed by atoms with Crippen molar-refractivity contribution in [2.45, 2.75) is 26.2 Å². The summed E-state index contributed by atoms with van der Waals surface area (Å²) >= 11 is 0. The molecule has 0 radical (unpaired) electrons. The third-order valence-corrected chi connectivity index (χ3v) is 3.11. The lowest BCUT2D eigenvalue weighted by molar-refractivity contribution is -0.143. The molecule has 6 heteroatoms. The van der Waals surface area contributed by atoms with E-state index >= 15 is 0 Å². The number of carbonyl (C=O) groups is 2. The van der Waals surface area contributed by atoms with Crippen LogP contribution in [0.5, 0.6) is 0 Å². The van der Waals surface area contributed by atoms with Crippen molar-refractivity contribution < 1.29 is 14.7 Å². The summed E-state index contributed by atoms with van der Waals surface area (Å²) in [7, 11) is 0. The van der Waals surface area contributed by atoms with Crippen LogP contribution in [-0.2, 0) is 4.79 Å². The number of aliphatic carboxylic acids is 1. The first-order chi connectivity index (χ1) is 8.65. The molecule has 1 saturated heterocycles. The summed E-state index contributed by atoms with van der Waals surface area (Å²) in [6.45, 7) is 5.46. The summed E-state index contributed by atoms with van der Waals surface area (Å²) in [5, 5.41) is 15.0. The average Bonchev–Trinajstić information content (AvgIpc) is 2.38. The molecule has 1 aliphatic heterocycles. The zero-order valence-electron chi connectivity index (χ0n) is 10.9. The third-order valence-electron chi connectivity index (χ3n) is 3.11. The van der Waals surface area contributed by atoms with Crippen molar-refractivity contribution in [3.63, 3.8) is 0 Å². The number of carbonyl (C=O) groups excluding carboxylic acids is 1. The maximum Gasteiger partial charge on any atom is 0.317 e. The molecule has 2 amide bonds. The van der Waals surface area contributed by atoms with Gasteiger partial charge in [-0.05, 0) is 32.4 Å². The number of carboxylic acids is 1. The average molecular weight is 257 g/mol. The van der Waals surface area contributed by atoms with E-state index in [2.05, 4.69) is 10.6 Å².